The maximum absolute atomic E-state index is 12.8. The number of alkyl halides is 3. The quantitative estimate of drug-likeness (QED) is 0.232. The second kappa shape index (κ2) is 11.1. The molecule has 0 spiro atoms. The van der Waals surface area contributed by atoms with Gasteiger partial charge in [0.15, 0.2) is 5.65 Å². The standard InChI is InChI=1S/C29H30F3N5O3/c1-17(2)39-21-7-9-22(10-8-21)40-26-15-24(33-13-12-29(30,31)32)27-34-16-25(37(27)36-26)19-4-11-23(18(3)14-19)28(38)35-20-5-6-20/h4,7-11,14-17,20,33H,5-6,12-13H2,1-3H3,(H,35,38). The molecule has 1 saturated carbocycles. The van der Waals surface area contributed by atoms with E-state index in [2.05, 4.69) is 20.7 Å². The van der Waals surface area contributed by atoms with Crippen LogP contribution in [0, 0.1) is 6.92 Å². The Hall–Kier alpha value is -4.28. The van der Waals surface area contributed by atoms with E-state index in [1.165, 1.54) is 10.6 Å². The number of nitrogens with zero attached hydrogens (tertiary/aromatic N) is 3. The van der Waals surface area contributed by atoms with Gasteiger partial charge in [0.05, 0.1) is 30.1 Å². The molecule has 1 aliphatic carbocycles. The van der Waals surface area contributed by atoms with Crippen LogP contribution in [0.5, 0.6) is 17.4 Å². The number of aryl methyl sites for hydroxylation is 1. The fraction of sp³-hybridized carbons (Fsp3) is 0.345. The number of imidazole rings is 1. The Morgan fingerprint density at radius 1 is 1.10 bits per heavy atom. The van der Waals surface area contributed by atoms with Gasteiger partial charge in [0.25, 0.3) is 5.91 Å². The summed E-state index contributed by atoms with van der Waals surface area (Å²) in [6.07, 6.45) is -1.71. The summed E-state index contributed by atoms with van der Waals surface area (Å²) in [5, 5.41) is 10.4. The maximum Gasteiger partial charge on any atom is 0.390 e. The van der Waals surface area contributed by atoms with E-state index in [0.717, 1.165) is 24.0 Å². The predicted octanol–water partition coefficient (Wildman–Crippen LogP) is 6.54. The van der Waals surface area contributed by atoms with Crippen molar-refractivity contribution >= 4 is 17.2 Å². The zero-order valence-corrected chi connectivity index (χ0v) is 22.4. The molecule has 5 rings (SSSR count). The molecule has 0 bridgehead atoms. The van der Waals surface area contributed by atoms with Crippen LogP contribution in [0.25, 0.3) is 16.9 Å². The first-order valence-corrected chi connectivity index (χ1v) is 13.1. The molecule has 1 aliphatic rings. The number of carbonyl (C=O) groups is 1. The molecule has 0 unspecified atom stereocenters. The third-order valence-electron chi connectivity index (χ3n) is 6.27. The van der Waals surface area contributed by atoms with Gasteiger partial charge in [0.1, 0.15) is 11.5 Å². The van der Waals surface area contributed by atoms with Crippen molar-refractivity contribution in [2.24, 2.45) is 0 Å². The Morgan fingerprint density at radius 2 is 1.82 bits per heavy atom. The number of rotatable bonds is 10. The molecule has 8 nitrogen and oxygen atoms in total. The number of hydrogen-bond donors (Lipinski definition) is 2. The van der Waals surface area contributed by atoms with Gasteiger partial charge in [-0.05, 0) is 75.6 Å². The summed E-state index contributed by atoms with van der Waals surface area (Å²) in [5.74, 6) is 1.21. The average molecular weight is 554 g/mol. The molecular formula is C29H30F3N5O3. The number of ether oxygens (including phenoxy) is 2. The second-order valence-electron chi connectivity index (χ2n) is 10.1. The summed E-state index contributed by atoms with van der Waals surface area (Å²) in [4.78, 5) is 17.0. The zero-order valence-electron chi connectivity index (χ0n) is 22.4. The van der Waals surface area contributed by atoms with E-state index >= 15 is 0 Å². The van der Waals surface area contributed by atoms with Crippen molar-refractivity contribution < 1.29 is 27.4 Å². The zero-order chi connectivity index (χ0) is 28.4. The van der Waals surface area contributed by atoms with Crippen LogP contribution in [0.3, 0.4) is 0 Å². The Labute approximate surface area is 229 Å². The van der Waals surface area contributed by atoms with Crippen LogP contribution in [0.15, 0.2) is 54.7 Å². The van der Waals surface area contributed by atoms with Gasteiger partial charge in [0.2, 0.25) is 5.88 Å². The molecule has 2 N–H and O–H groups in total. The highest BCUT2D eigenvalue weighted by Gasteiger charge is 2.27. The number of halogens is 3. The summed E-state index contributed by atoms with van der Waals surface area (Å²) < 4.78 is 51.7. The smallest absolute Gasteiger partial charge is 0.390 e. The number of amides is 1. The van der Waals surface area contributed by atoms with Crippen LogP contribution in [0.1, 0.15) is 49.0 Å². The molecular weight excluding hydrogens is 523 g/mol. The summed E-state index contributed by atoms with van der Waals surface area (Å²) in [6, 6.07) is 14.2. The molecule has 1 fully saturated rings. The van der Waals surface area contributed by atoms with Crippen LogP contribution >= 0.6 is 0 Å². The molecule has 0 saturated heterocycles. The van der Waals surface area contributed by atoms with Crippen molar-refractivity contribution in [2.45, 2.75) is 58.4 Å². The molecule has 210 valence electrons. The highest BCUT2D eigenvalue weighted by atomic mass is 19.4. The third-order valence-corrected chi connectivity index (χ3v) is 6.27. The number of carbonyl (C=O) groups excluding carboxylic acids is 1. The van der Waals surface area contributed by atoms with Crippen molar-refractivity contribution in [3.8, 4) is 28.6 Å². The van der Waals surface area contributed by atoms with Gasteiger partial charge in [0, 0.05) is 29.8 Å². The van der Waals surface area contributed by atoms with Gasteiger partial charge >= 0.3 is 6.18 Å². The first-order chi connectivity index (χ1) is 19.1. The number of fused-ring (bicyclic) bond motifs is 1. The minimum Gasteiger partial charge on any atom is -0.491 e. The molecule has 2 aromatic heterocycles. The normalized spacial score (nSPS) is 13.5. The second-order valence-corrected chi connectivity index (χ2v) is 10.1. The van der Waals surface area contributed by atoms with Crippen molar-refractivity contribution in [1.82, 2.24) is 19.9 Å². The Kier molecular flexibility index (Phi) is 7.55. The third kappa shape index (κ3) is 6.64. The summed E-state index contributed by atoms with van der Waals surface area (Å²) >= 11 is 0. The lowest BCUT2D eigenvalue weighted by Gasteiger charge is -2.14. The molecule has 2 aromatic carbocycles. The fourth-order valence-electron chi connectivity index (χ4n) is 4.21. The minimum absolute atomic E-state index is 0.0196. The Morgan fingerprint density at radius 3 is 2.48 bits per heavy atom. The van der Waals surface area contributed by atoms with Gasteiger partial charge in [-0.15, -0.1) is 5.10 Å². The van der Waals surface area contributed by atoms with Gasteiger partial charge < -0.3 is 20.1 Å². The highest BCUT2D eigenvalue weighted by molar-refractivity contribution is 5.96. The molecule has 40 heavy (non-hydrogen) atoms. The molecule has 11 heteroatoms. The lowest BCUT2D eigenvalue weighted by molar-refractivity contribution is -0.131. The summed E-state index contributed by atoms with van der Waals surface area (Å²) in [7, 11) is 0. The fourth-order valence-corrected chi connectivity index (χ4v) is 4.21. The lowest BCUT2D eigenvalue weighted by Crippen LogP contribution is -2.26. The number of hydrogen-bond acceptors (Lipinski definition) is 6. The lowest BCUT2D eigenvalue weighted by atomic mass is 10.0. The number of nitrogens with one attached hydrogen (secondary N) is 2. The van der Waals surface area contributed by atoms with E-state index in [0.29, 0.717) is 34.1 Å². The topological polar surface area (TPSA) is 89.8 Å². The average Bonchev–Trinajstić information content (AvgIpc) is 3.59. The summed E-state index contributed by atoms with van der Waals surface area (Å²) in [5.41, 5.74) is 3.40. The van der Waals surface area contributed by atoms with Crippen LogP contribution in [0.4, 0.5) is 18.9 Å². The van der Waals surface area contributed by atoms with Crippen LogP contribution in [-0.2, 0) is 0 Å². The van der Waals surface area contributed by atoms with Gasteiger partial charge in [-0.2, -0.15) is 13.2 Å². The molecule has 4 aromatic rings. The van der Waals surface area contributed by atoms with Crippen molar-refractivity contribution in [3.63, 3.8) is 0 Å². The van der Waals surface area contributed by atoms with Crippen molar-refractivity contribution in [1.29, 1.82) is 0 Å². The minimum atomic E-state index is -4.30. The summed E-state index contributed by atoms with van der Waals surface area (Å²) in [6.45, 7) is 5.37. The molecule has 1 amide bonds. The predicted molar refractivity (Wildman–Crippen MR) is 145 cm³/mol. The van der Waals surface area contributed by atoms with E-state index in [9.17, 15) is 18.0 Å². The SMILES string of the molecule is Cc1cc(-c2cnc3c(NCCC(F)(F)F)cc(Oc4ccc(OC(C)C)cc4)nn23)ccc1C(=O)NC1CC1. The van der Waals surface area contributed by atoms with E-state index < -0.39 is 12.6 Å². The molecule has 0 aliphatic heterocycles. The Balaban J connectivity index is 1.47. The number of aromatic nitrogens is 3. The highest BCUT2D eigenvalue weighted by Crippen LogP contribution is 2.31. The molecule has 0 radical (unpaired) electrons. The molecule has 2 heterocycles. The van der Waals surface area contributed by atoms with Gasteiger partial charge in [-0.3, -0.25) is 4.79 Å². The number of benzene rings is 2. The van der Waals surface area contributed by atoms with Crippen molar-refractivity contribution in [3.05, 3.63) is 65.9 Å². The monoisotopic (exact) mass is 553 g/mol. The van der Waals surface area contributed by atoms with Crippen LogP contribution in [0.2, 0.25) is 0 Å². The van der Waals surface area contributed by atoms with Gasteiger partial charge in [-0.25, -0.2) is 9.50 Å². The largest absolute Gasteiger partial charge is 0.491 e. The first kappa shape index (κ1) is 27.3. The van der Waals surface area contributed by atoms with Crippen molar-refractivity contribution in [2.75, 3.05) is 11.9 Å². The molecule has 0 atom stereocenters. The van der Waals surface area contributed by atoms with Gasteiger partial charge in [-0.1, -0.05) is 6.07 Å². The van der Waals surface area contributed by atoms with E-state index in [4.69, 9.17) is 9.47 Å². The maximum atomic E-state index is 12.8. The van der Waals surface area contributed by atoms with Crippen LogP contribution in [-0.4, -0.2) is 45.4 Å². The number of anilines is 1. The van der Waals surface area contributed by atoms with E-state index in [1.54, 1.807) is 42.6 Å². The Bertz CT molecular complexity index is 1510. The van der Waals surface area contributed by atoms with E-state index in [1.807, 2.05) is 26.8 Å². The van der Waals surface area contributed by atoms with Crippen LogP contribution < -0.4 is 20.1 Å². The first-order valence-electron chi connectivity index (χ1n) is 13.1. The van der Waals surface area contributed by atoms with E-state index in [-0.39, 0.29) is 30.5 Å².